The van der Waals surface area contributed by atoms with Crippen LogP contribution < -0.4 is 10.1 Å². The van der Waals surface area contributed by atoms with Crippen molar-refractivity contribution in [2.45, 2.75) is 6.92 Å². The van der Waals surface area contributed by atoms with Crippen LogP contribution in [-0.4, -0.2) is 23.8 Å². The van der Waals surface area contributed by atoms with Crippen molar-refractivity contribution in [1.82, 2.24) is 4.98 Å². The van der Waals surface area contributed by atoms with Crippen LogP contribution in [-0.2, 0) is 0 Å². The Labute approximate surface area is 116 Å². The highest BCUT2D eigenvalue weighted by atomic mass is 16.5. The second-order valence-corrected chi connectivity index (χ2v) is 4.15. The standard InChI is InChI=1S/C15H14N2O3/c1-10(18)11-5-3-6-12(9-11)17-14(19)13-7-4-8-16-15(13)20-2/h3-9H,1-2H3,(H,17,19). The molecule has 20 heavy (non-hydrogen) atoms. The molecule has 1 heterocycles. The van der Waals surface area contributed by atoms with E-state index in [1.807, 2.05) is 0 Å². The molecule has 0 atom stereocenters. The van der Waals surface area contributed by atoms with Gasteiger partial charge in [0.2, 0.25) is 5.88 Å². The fourth-order valence-electron chi connectivity index (χ4n) is 1.74. The van der Waals surface area contributed by atoms with E-state index < -0.39 is 0 Å². The molecular weight excluding hydrogens is 256 g/mol. The van der Waals surface area contributed by atoms with E-state index in [1.54, 1.807) is 42.6 Å². The molecule has 0 unspecified atom stereocenters. The number of ketones is 1. The largest absolute Gasteiger partial charge is 0.480 e. The second-order valence-electron chi connectivity index (χ2n) is 4.15. The van der Waals surface area contributed by atoms with Crippen LogP contribution in [0.4, 0.5) is 5.69 Å². The zero-order chi connectivity index (χ0) is 14.5. The molecule has 0 aliphatic carbocycles. The number of nitrogens with zero attached hydrogens (tertiary/aromatic N) is 1. The number of carbonyl (C=O) groups excluding carboxylic acids is 2. The number of Topliss-reactive ketones (excluding diaryl/α,β-unsaturated/α-hetero) is 1. The monoisotopic (exact) mass is 270 g/mol. The third-order valence-corrected chi connectivity index (χ3v) is 2.74. The maximum atomic E-state index is 12.2. The van der Waals surface area contributed by atoms with Crippen LogP contribution in [0.1, 0.15) is 27.6 Å². The number of ether oxygens (including phenoxy) is 1. The van der Waals surface area contributed by atoms with Gasteiger partial charge in [0.1, 0.15) is 5.56 Å². The molecular formula is C15H14N2O3. The first-order chi connectivity index (χ1) is 9.61. The summed E-state index contributed by atoms with van der Waals surface area (Å²) in [4.78, 5) is 27.4. The van der Waals surface area contributed by atoms with E-state index in [1.165, 1.54) is 14.0 Å². The Morgan fingerprint density at radius 2 is 2.00 bits per heavy atom. The molecule has 0 fully saturated rings. The van der Waals surface area contributed by atoms with Crippen LogP contribution >= 0.6 is 0 Å². The third kappa shape index (κ3) is 3.00. The van der Waals surface area contributed by atoms with E-state index in [0.29, 0.717) is 16.8 Å². The quantitative estimate of drug-likeness (QED) is 0.867. The molecule has 1 N–H and O–H groups in total. The first kappa shape index (κ1) is 13.7. The van der Waals surface area contributed by atoms with Gasteiger partial charge in [-0.15, -0.1) is 0 Å². The van der Waals surface area contributed by atoms with Crippen molar-refractivity contribution in [3.05, 3.63) is 53.7 Å². The molecule has 1 amide bonds. The van der Waals surface area contributed by atoms with Gasteiger partial charge in [-0.25, -0.2) is 4.98 Å². The summed E-state index contributed by atoms with van der Waals surface area (Å²) in [5, 5.41) is 2.72. The normalized spacial score (nSPS) is 9.90. The first-order valence-corrected chi connectivity index (χ1v) is 6.03. The van der Waals surface area contributed by atoms with Crippen LogP contribution in [0.25, 0.3) is 0 Å². The first-order valence-electron chi connectivity index (χ1n) is 6.03. The minimum Gasteiger partial charge on any atom is -0.480 e. The summed E-state index contributed by atoms with van der Waals surface area (Å²) in [5.41, 5.74) is 1.43. The second kappa shape index (κ2) is 5.97. The molecule has 1 aromatic carbocycles. The fraction of sp³-hybridized carbons (Fsp3) is 0.133. The summed E-state index contributed by atoms with van der Waals surface area (Å²) in [6, 6.07) is 10.0. The Hall–Kier alpha value is -2.69. The Bertz CT molecular complexity index is 653. The molecule has 0 aliphatic rings. The number of hydrogen-bond donors (Lipinski definition) is 1. The number of pyridine rings is 1. The fourth-order valence-corrected chi connectivity index (χ4v) is 1.74. The lowest BCUT2D eigenvalue weighted by Gasteiger charge is -2.08. The van der Waals surface area contributed by atoms with Crippen LogP contribution in [0.2, 0.25) is 0 Å². The molecule has 102 valence electrons. The van der Waals surface area contributed by atoms with Gasteiger partial charge in [0, 0.05) is 17.4 Å². The van der Waals surface area contributed by atoms with Gasteiger partial charge in [0.05, 0.1) is 7.11 Å². The average molecular weight is 270 g/mol. The van der Waals surface area contributed by atoms with Crippen molar-refractivity contribution in [1.29, 1.82) is 0 Å². The molecule has 0 bridgehead atoms. The Balaban J connectivity index is 2.23. The molecule has 5 nitrogen and oxygen atoms in total. The zero-order valence-electron chi connectivity index (χ0n) is 11.2. The lowest BCUT2D eigenvalue weighted by molar-refractivity contribution is 0.100. The van der Waals surface area contributed by atoms with Gasteiger partial charge < -0.3 is 10.1 Å². The highest BCUT2D eigenvalue weighted by molar-refractivity contribution is 6.06. The average Bonchev–Trinajstić information content (AvgIpc) is 2.47. The third-order valence-electron chi connectivity index (χ3n) is 2.74. The summed E-state index contributed by atoms with van der Waals surface area (Å²) in [7, 11) is 1.45. The lowest BCUT2D eigenvalue weighted by Crippen LogP contribution is -2.14. The predicted octanol–water partition coefficient (Wildman–Crippen LogP) is 2.55. The van der Waals surface area contributed by atoms with Gasteiger partial charge in [-0.1, -0.05) is 12.1 Å². The molecule has 0 saturated heterocycles. The number of rotatable bonds is 4. The van der Waals surface area contributed by atoms with Gasteiger partial charge in [-0.05, 0) is 31.2 Å². The van der Waals surface area contributed by atoms with Gasteiger partial charge in [-0.2, -0.15) is 0 Å². The molecule has 0 aliphatic heterocycles. The van der Waals surface area contributed by atoms with Crippen LogP contribution in [0.15, 0.2) is 42.6 Å². The van der Waals surface area contributed by atoms with E-state index >= 15 is 0 Å². The number of hydrogen-bond acceptors (Lipinski definition) is 4. The number of carbonyl (C=O) groups is 2. The van der Waals surface area contributed by atoms with Gasteiger partial charge in [0.15, 0.2) is 5.78 Å². The number of amides is 1. The summed E-state index contributed by atoms with van der Waals surface area (Å²) in [5.74, 6) is -0.136. The predicted molar refractivity (Wildman–Crippen MR) is 75.2 cm³/mol. The maximum Gasteiger partial charge on any atom is 0.261 e. The minimum atomic E-state index is -0.337. The zero-order valence-corrected chi connectivity index (χ0v) is 11.2. The molecule has 1 aromatic heterocycles. The lowest BCUT2D eigenvalue weighted by atomic mass is 10.1. The highest BCUT2D eigenvalue weighted by Crippen LogP contribution is 2.17. The van der Waals surface area contributed by atoms with E-state index in [2.05, 4.69) is 10.3 Å². The SMILES string of the molecule is COc1ncccc1C(=O)Nc1cccc(C(C)=O)c1. The Morgan fingerprint density at radius 1 is 1.20 bits per heavy atom. The summed E-state index contributed by atoms with van der Waals surface area (Å²) < 4.78 is 5.04. The molecule has 0 radical (unpaired) electrons. The Kier molecular flexibility index (Phi) is 4.10. The van der Waals surface area contributed by atoms with Crippen molar-refractivity contribution in [3.63, 3.8) is 0 Å². The molecule has 5 heteroatoms. The van der Waals surface area contributed by atoms with Crippen molar-refractivity contribution < 1.29 is 14.3 Å². The van der Waals surface area contributed by atoms with Crippen LogP contribution in [0.5, 0.6) is 5.88 Å². The summed E-state index contributed by atoms with van der Waals surface area (Å²) in [6.45, 7) is 1.48. The molecule has 2 aromatic rings. The molecule has 2 rings (SSSR count). The smallest absolute Gasteiger partial charge is 0.261 e. The van der Waals surface area contributed by atoms with Gasteiger partial charge >= 0.3 is 0 Å². The van der Waals surface area contributed by atoms with E-state index in [9.17, 15) is 9.59 Å². The Morgan fingerprint density at radius 3 is 2.70 bits per heavy atom. The van der Waals surface area contributed by atoms with Crippen LogP contribution in [0, 0.1) is 0 Å². The van der Waals surface area contributed by atoms with Crippen molar-refractivity contribution in [2.24, 2.45) is 0 Å². The highest BCUT2D eigenvalue weighted by Gasteiger charge is 2.13. The van der Waals surface area contributed by atoms with E-state index in [0.717, 1.165) is 0 Å². The van der Waals surface area contributed by atoms with Crippen molar-refractivity contribution in [2.75, 3.05) is 12.4 Å². The summed E-state index contributed by atoms with van der Waals surface area (Å²) in [6.07, 6.45) is 1.55. The number of nitrogens with one attached hydrogen (secondary N) is 1. The van der Waals surface area contributed by atoms with Crippen molar-refractivity contribution >= 4 is 17.4 Å². The minimum absolute atomic E-state index is 0.0555. The van der Waals surface area contributed by atoms with Gasteiger partial charge in [0.25, 0.3) is 5.91 Å². The van der Waals surface area contributed by atoms with Gasteiger partial charge in [-0.3, -0.25) is 9.59 Å². The number of aromatic nitrogens is 1. The number of benzene rings is 1. The van der Waals surface area contributed by atoms with Crippen LogP contribution in [0.3, 0.4) is 0 Å². The maximum absolute atomic E-state index is 12.2. The van der Waals surface area contributed by atoms with Crippen molar-refractivity contribution in [3.8, 4) is 5.88 Å². The van der Waals surface area contributed by atoms with E-state index in [4.69, 9.17) is 4.74 Å². The number of methoxy groups -OCH3 is 1. The molecule has 0 saturated carbocycles. The number of anilines is 1. The summed E-state index contributed by atoms with van der Waals surface area (Å²) >= 11 is 0. The molecule has 0 spiro atoms. The topological polar surface area (TPSA) is 68.3 Å². The van der Waals surface area contributed by atoms with E-state index in [-0.39, 0.29) is 17.6 Å².